The molecule has 1 aromatic carbocycles. The Bertz CT molecular complexity index is 1080. The second kappa shape index (κ2) is 7.81. The van der Waals surface area contributed by atoms with Crippen LogP contribution in [0.5, 0.6) is 5.75 Å². The number of piperazine rings is 1. The molecule has 2 aromatic heterocycles. The summed E-state index contributed by atoms with van der Waals surface area (Å²) >= 11 is 6.06. The number of nitrogens with zero attached hydrogens (tertiary/aromatic N) is 4. The molecular formula is C20H19ClF2N6O. The maximum absolute atomic E-state index is 12.4. The van der Waals surface area contributed by atoms with Crippen molar-refractivity contribution in [2.45, 2.75) is 31.5 Å². The van der Waals surface area contributed by atoms with Crippen molar-refractivity contribution in [2.24, 2.45) is 0 Å². The zero-order valence-corrected chi connectivity index (χ0v) is 16.6. The summed E-state index contributed by atoms with van der Waals surface area (Å²) in [4.78, 5) is 15.8. The molecule has 3 aliphatic heterocycles. The minimum absolute atomic E-state index is 0.0733. The van der Waals surface area contributed by atoms with Crippen molar-refractivity contribution in [3.63, 3.8) is 0 Å². The van der Waals surface area contributed by atoms with Crippen molar-refractivity contribution in [1.29, 1.82) is 0 Å². The molecule has 5 heterocycles. The summed E-state index contributed by atoms with van der Waals surface area (Å²) in [6.45, 7) is -1.04. The molecule has 156 valence electrons. The molecule has 0 radical (unpaired) electrons. The van der Waals surface area contributed by atoms with Gasteiger partial charge in [0, 0.05) is 30.9 Å². The second-order valence-corrected chi connectivity index (χ2v) is 7.80. The van der Waals surface area contributed by atoms with Crippen molar-refractivity contribution in [2.75, 3.05) is 23.3 Å². The summed E-state index contributed by atoms with van der Waals surface area (Å²) in [5.41, 5.74) is 1.92. The van der Waals surface area contributed by atoms with Crippen LogP contribution in [0, 0.1) is 0 Å². The molecule has 0 aliphatic carbocycles. The van der Waals surface area contributed by atoms with Gasteiger partial charge in [-0.3, -0.25) is 0 Å². The van der Waals surface area contributed by atoms with Crippen molar-refractivity contribution in [1.82, 2.24) is 20.3 Å². The molecule has 7 nitrogen and oxygen atoms in total. The van der Waals surface area contributed by atoms with E-state index in [1.807, 2.05) is 12.1 Å². The van der Waals surface area contributed by atoms with Crippen LogP contribution in [0.1, 0.15) is 12.8 Å². The predicted molar refractivity (Wildman–Crippen MR) is 111 cm³/mol. The van der Waals surface area contributed by atoms with Crippen LogP contribution in [-0.2, 0) is 0 Å². The van der Waals surface area contributed by atoms with E-state index in [9.17, 15) is 8.78 Å². The van der Waals surface area contributed by atoms with Crippen molar-refractivity contribution >= 4 is 40.0 Å². The van der Waals surface area contributed by atoms with E-state index in [0.717, 1.165) is 25.3 Å². The topological polar surface area (TPSA) is 75.2 Å². The fourth-order valence-corrected chi connectivity index (χ4v) is 4.30. The van der Waals surface area contributed by atoms with E-state index in [-0.39, 0.29) is 10.8 Å². The SMILES string of the molecule is FC(F)Oc1ccc(Nc2ncnc3ccc(N4C[C@H]5CCC4CN5)nc23)cc1Cl. The molecule has 2 atom stereocenters. The van der Waals surface area contributed by atoms with E-state index >= 15 is 0 Å². The first kappa shape index (κ1) is 19.2. The minimum atomic E-state index is -2.94. The molecule has 30 heavy (non-hydrogen) atoms. The maximum atomic E-state index is 12.4. The summed E-state index contributed by atoms with van der Waals surface area (Å²) in [6, 6.07) is 9.34. The summed E-state index contributed by atoms with van der Waals surface area (Å²) in [5.74, 6) is 1.33. The third-order valence-electron chi connectivity index (χ3n) is 5.52. The van der Waals surface area contributed by atoms with Crippen LogP contribution in [0.4, 0.5) is 26.1 Å². The Morgan fingerprint density at radius 3 is 2.80 bits per heavy atom. The average Bonchev–Trinajstić information content (AvgIpc) is 2.76. The lowest BCUT2D eigenvalue weighted by Crippen LogP contribution is -2.61. The van der Waals surface area contributed by atoms with Gasteiger partial charge in [0.25, 0.3) is 0 Å². The number of benzene rings is 1. The zero-order chi connectivity index (χ0) is 20.7. The normalized spacial score (nSPS) is 20.7. The van der Waals surface area contributed by atoms with Gasteiger partial charge >= 0.3 is 6.61 Å². The number of piperidine rings is 2. The molecule has 3 aliphatic rings. The van der Waals surface area contributed by atoms with Gasteiger partial charge in [-0.05, 0) is 43.2 Å². The first-order valence-corrected chi connectivity index (χ1v) is 10.1. The van der Waals surface area contributed by atoms with E-state index in [1.54, 1.807) is 6.07 Å². The summed E-state index contributed by atoms with van der Waals surface area (Å²) in [7, 11) is 0. The lowest BCUT2D eigenvalue weighted by molar-refractivity contribution is -0.0497. The Kier molecular flexibility index (Phi) is 5.00. The molecular weight excluding hydrogens is 414 g/mol. The van der Waals surface area contributed by atoms with E-state index in [0.29, 0.717) is 34.6 Å². The number of alkyl halides is 2. The lowest BCUT2D eigenvalue weighted by atomic mass is 9.93. The lowest BCUT2D eigenvalue weighted by Gasteiger charge is -2.46. The monoisotopic (exact) mass is 432 g/mol. The van der Waals surface area contributed by atoms with Gasteiger partial charge in [0.15, 0.2) is 5.82 Å². The zero-order valence-electron chi connectivity index (χ0n) is 15.9. The Morgan fingerprint density at radius 1 is 1.20 bits per heavy atom. The average molecular weight is 433 g/mol. The molecule has 2 N–H and O–H groups in total. The Labute approximate surface area is 176 Å². The van der Waals surface area contributed by atoms with Gasteiger partial charge < -0.3 is 20.3 Å². The smallest absolute Gasteiger partial charge is 0.387 e. The molecule has 0 spiro atoms. The van der Waals surface area contributed by atoms with Gasteiger partial charge in [-0.15, -0.1) is 0 Å². The highest BCUT2D eigenvalue weighted by Crippen LogP contribution is 2.32. The maximum Gasteiger partial charge on any atom is 0.387 e. The van der Waals surface area contributed by atoms with Crippen LogP contribution in [0.3, 0.4) is 0 Å². The van der Waals surface area contributed by atoms with Crippen molar-refractivity contribution < 1.29 is 13.5 Å². The molecule has 10 heteroatoms. The molecule has 2 bridgehead atoms. The number of aromatic nitrogens is 3. The van der Waals surface area contributed by atoms with E-state index in [2.05, 4.69) is 30.2 Å². The third kappa shape index (κ3) is 3.70. The van der Waals surface area contributed by atoms with Crippen LogP contribution < -0.4 is 20.3 Å². The van der Waals surface area contributed by atoms with Crippen LogP contribution in [0.2, 0.25) is 5.02 Å². The van der Waals surface area contributed by atoms with Crippen LogP contribution >= 0.6 is 11.6 Å². The largest absolute Gasteiger partial charge is 0.433 e. The van der Waals surface area contributed by atoms with Crippen LogP contribution in [0.15, 0.2) is 36.7 Å². The predicted octanol–water partition coefficient (Wildman–Crippen LogP) is 3.96. The number of ether oxygens (including phenoxy) is 1. The second-order valence-electron chi connectivity index (χ2n) is 7.40. The first-order chi connectivity index (χ1) is 14.6. The number of anilines is 3. The Balaban J connectivity index is 1.45. The summed E-state index contributed by atoms with van der Waals surface area (Å²) in [6.07, 6.45) is 3.80. The number of pyridine rings is 1. The van der Waals surface area contributed by atoms with Crippen LogP contribution in [0.25, 0.3) is 11.0 Å². The number of nitrogens with one attached hydrogen (secondary N) is 2. The number of hydrogen-bond acceptors (Lipinski definition) is 7. The first-order valence-electron chi connectivity index (χ1n) is 9.70. The quantitative estimate of drug-likeness (QED) is 0.632. The standard InChI is InChI=1S/C20H19ClF2N6O/c21-14-7-11(2-5-16(14)30-20(22)23)27-19-18-15(25-10-26-19)4-6-17(28-18)29-9-12-1-3-13(29)8-24-12/h2,4-7,10,12-13,20,24H,1,3,8-9H2,(H,25,26,27)/t12-,13?/m1/s1. The van der Waals surface area contributed by atoms with Crippen LogP contribution in [-0.4, -0.2) is 46.7 Å². The highest BCUT2D eigenvalue weighted by Gasteiger charge is 2.34. The number of hydrogen-bond donors (Lipinski definition) is 2. The van der Waals surface area contributed by atoms with Crippen molar-refractivity contribution in [3.8, 4) is 5.75 Å². The molecule has 0 saturated carbocycles. The fraction of sp³-hybridized carbons (Fsp3) is 0.350. The van der Waals surface area contributed by atoms with Gasteiger partial charge in [-0.1, -0.05) is 11.6 Å². The highest BCUT2D eigenvalue weighted by molar-refractivity contribution is 6.32. The Morgan fingerprint density at radius 2 is 2.10 bits per heavy atom. The molecule has 3 saturated heterocycles. The summed E-state index contributed by atoms with van der Waals surface area (Å²) < 4.78 is 29.3. The molecule has 0 amide bonds. The minimum Gasteiger partial charge on any atom is -0.433 e. The molecule has 3 aromatic rings. The van der Waals surface area contributed by atoms with Gasteiger partial charge in [0.1, 0.15) is 23.4 Å². The molecule has 6 rings (SSSR count). The Hall–Kier alpha value is -2.78. The third-order valence-corrected chi connectivity index (χ3v) is 5.82. The van der Waals surface area contributed by atoms with E-state index < -0.39 is 6.61 Å². The summed E-state index contributed by atoms with van der Waals surface area (Å²) in [5, 5.41) is 6.78. The molecule has 1 unspecified atom stereocenters. The van der Waals surface area contributed by atoms with Crippen molar-refractivity contribution in [3.05, 3.63) is 41.7 Å². The van der Waals surface area contributed by atoms with Gasteiger partial charge in [-0.25, -0.2) is 15.0 Å². The number of fused-ring (bicyclic) bond motifs is 4. The van der Waals surface area contributed by atoms with E-state index in [4.69, 9.17) is 16.6 Å². The number of halogens is 3. The van der Waals surface area contributed by atoms with Gasteiger partial charge in [0.05, 0.1) is 10.5 Å². The van der Waals surface area contributed by atoms with Gasteiger partial charge in [0.2, 0.25) is 0 Å². The number of rotatable bonds is 5. The van der Waals surface area contributed by atoms with Gasteiger partial charge in [-0.2, -0.15) is 8.78 Å². The fourth-order valence-electron chi connectivity index (χ4n) is 4.08. The van der Waals surface area contributed by atoms with E-state index in [1.165, 1.54) is 24.9 Å². The molecule has 3 fully saturated rings. The highest BCUT2D eigenvalue weighted by atomic mass is 35.5.